The van der Waals surface area contributed by atoms with Gasteiger partial charge >= 0.3 is 0 Å². The molecule has 0 aliphatic heterocycles. The van der Waals surface area contributed by atoms with Crippen molar-refractivity contribution in [1.29, 1.82) is 0 Å². The Morgan fingerprint density at radius 2 is 1.58 bits per heavy atom. The quantitative estimate of drug-likeness (QED) is 0.659. The molecule has 2 nitrogen and oxygen atoms in total. The lowest BCUT2D eigenvalue weighted by molar-refractivity contribution is 0.0901. The van der Waals surface area contributed by atoms with Crippen molar-refractivity contribution >= 4 is 12.4 Å². The Balaban J connectivity index is 0.000000720. The summed E-state index contributed by atoms with van der Waals surface area (Å²) in [6.45, 7) is 0. The van der Waals surface area contributed by atoms with Crippen molar-refractivity contribution in [2.24, 2.45) is 11.7 Å². The summed E-state index contributed by atoms with van der Waals surface area (Å²) in [5, 5.41) is 9.29. The molecule has 0 saturated heterocycles. The Morgan fingerprint density at radius 3 is 2.00 bits per heavy atom. The molecule has 0 aromatic carbocycles. The second-order valence-corrected chi connectivity index (χ2v) is 4.24. The van der Waals surface area contributed by atoms with Crippen LogP contribution in [0.4, 0.5) is 0 Å². The van der Waals surface area contributed by atoms with Crippen molar-refractivity contribution in [1.82, 2.24) is 0 Å². The van der Waals surface area contributed by atoms with Crippen LogP contribution in [0.5, 0.6) is 0 Å². The van der Waals surface area contributed by atoms with Gasteiger partial charge in [0.25, 0.3) is 0 Å². The van der Waals surface area contributed by atoms with E-state index >= 15 is 0 Å². The van der Waals surface area contributed by atoms with E-state index < -0.39 is 0 Å². The summed E-state index contributed by atoms with van der Waals surface area (Å²) in [5.41, 5.74) is 6.33. The minimum atomic E-state index is -0.0644. The van der Waals surface area contributed by atoms with Gasteiger partial charge in [-0.2, -0.15) is 0 Å². The highest BCUT2D eigenvalue weighted by Crippen LogP contribution is 2.45. The fourth-order valence-corrected chi connectivity index (χ4v) is 2.21. The third-order valence-corrected chi connectivity index (χ3v) is 3.28. The molecule has 0 heterocycles. The van der Waals surface area contributed by atoms with Crippen molar-refractivity contribution in [3.63, 3.8) is 0 Å². The van der Waals surface area contributed by atoms with Crippen LogP contribution < -0.4 is 5.73 Å². The maximum atomic E-state index is 9.29. The van der Waals surface area contributed by atoms with Crippen LogP contribution in [-0.2, 0) is 0 Å². The molecule has 0 spiro atoms. The highest BCUT2D eigenvalue weighted by Gasteiger charge is 2.43. The molecule has 0 unspecified atom stereocenters. The van der Waals surface area contributed by atoms with E-state index in [1.165, 1.54) is 12.8 Å². The van der Waals surface area contributed by atoms with Gasteiger partial charge in [-0.1, -0.05) is 0 Å². The zero-order valence-corrected chi connectivity index (χ0v) is 8.15. The number of halogens is 1. The first-order valence-electron chi connectivity index (χ1n) is 4.68. The molecule has 0 radical (unpaired) electrons. The number of nitrogens with two attached hydrogens (primary N) is 1. The van der Waals surface area contributed by atoms with Gasteiger partial charge in [-0.05, 0) is 44.4 Å². The maximum Gasteiger partial charge on any atom is 0.0541 e. The van der Waals surface area contributed by atoms with E-state index in [1.54, 1.807) is 0 Å². The van der Waals surface area contributed by atoms with Crippen molar-refractivity contribution in [2.75, 3.05) is 0 Å². The molecular formula is C9H18ClNO. The minimum Gasteiger partial charge on any atom is -0.393 e. The molecule has 0 aromatic heterocycles. The first kappa shape index (κ1) is 10.3. The monoisotopic (exact) mass is 191 g/mol. The molecule has 2 rings (SSSR count). The number of aliphatic hydroxyl groups excluding tert-OH is 1. The van der Waals surface area contributed by atoms with Crippen LogP contribution in [0.2, 0.25) is 0 Å². The van der Waals surface area contributed by atoms with E-state index in [1.807, 2.05) is 0 Å². The summed E-state index contributed by atoms with van der Waals surface area (Å²) in [5.74, 6) is 0.787. The second kappa shape index (κ2) is 3.52. The summed E-state index contributed by atoms with van der Waals surface area (Å²) < 4.78 is 0. The lowest BCUT2D eigenvalue weighted by atomic mass is 9.78. The van der Waals surface area contributed by atoms with Crippen LogP contribution in [0.3, 0.4) is 0 Å². The molecule has 3 N–H and O–H groups in total. The standard InChI is InChI=1S/C9H17NO.ClH/c10-9(7-1-2-7)5-3-8(11)4-6-9;/h7-8,11H,1-6,10H2;1H. The van der Waals surface area contributed by atoms with Gasteiger partial charge in [-0.3, -0.25) is 0 Å². The molecule has 2 aliphatic rings. The predicted octanol–water partition coefficient (Wildman–Crippen LogP) is 1.45. The highest BCUT2D eigenvalue weighted by molar-refractivity contribution is 5.85. The first-order chi connectivity index (χ1) is 5.21. The average Bonchev–Trinajstić information content (AvgIpc) is 2.77. The lowest BCUT2D eigenvalue weighted by Gasteiger charge is -2.35. The van der Waals surface area contributed by atoms with Gasteiger partial charge in [0.1, 0.15) is 0 Å². The van der Waals surface area contributed by atoms with Gasteiger partial charge in [0.05, 0.1) is 6.10 Å². The largest absolute Gasteiger partial charge is 0.393 e. The van der Waals surface area contributed by atoms with Crippen molar-refractivity contribution in [3.05, 3.63) is 0 Å². The summed E-state index contributed by atoms with van der Waals surface area (Å²) in [6, 6.07) is 0. The van der Waals surface area contributed by atoms with Gasteiger partial charge in [0, 0.05) is 5.54 Å². The molecule has 2 aliphatic carbocycles. The van der Waals surface area contributed by atoms with Crippen LogP contribution in [-0.4, -0.2) is 16.7 Å². The molecule has 0 aromatic rings. The van der Waals surface area contributed by atoms with Gasteiger partial charge in [0.15, 0.2) is 0 Å². The van der Waals surface area contributed by atoms with Crippen LogP contribution in [0.15, 0.2) is 0 Å². The van der Waals surface area contributed by atoms with Gasteiger partial charge in [-0.25, -0.2) is 0 Å². The zero-order valence-electron chi connectivity index (χ0n) is 7.33. The molecule has 72 valence electrons. The van der Waals surface area contributed by atoms with E-state index in [0.717, 1.165) is 31.6 Å². The minimum absolute atomic E-state index is 0. The van der Waals surface area contributed by atoms with E-state index in [9.17, 15) is 5.11 Å². The molecule has 3 heteroatoms. The molecule has 12 heavy (non-hydrogen) atoms. The predicted molar refractivity (Wildman–Crippen MR) is 51.4 cm³/mol. The Morgan fingerprint density at radius 1 is 1.08 bits per heavy atom. The third kappa shape index (κ3) is 1.93. The van der Waals surface area contributed by atoms with E-state index in [-0.39, 0.29) is 24.0 Å². The van der Waals surface area contributed by atoms with Crippen LogP contribution in [0, 0.1) is 5.92 Å². The van der Waals surface area contributed by atoms with E-state index in [0.29, 0.717) is 0 Å². The fourth-order valence-electron chi connectivity index (χ4n) is 2.21. The highest BCUT2D eigenvalue weighted by atomic mass is 35.5. The fraction of sp³-hybridized carbons (Fsp3) is 1.00. The number of aliphatic hydroxyl groups is 1. The summed E-state index contributed by atoms with van der Waals surface area (Å²) in [7, 11) is 0. The van der Waals surface area contributed by atoms with E-state index in [4.69, 9.17) is 5.73 Å². The molecule has 2 saturated carbocycles. The second-order valence-electron chi connectivity index (χ2n) is 4.24. The molecular weight excluding hydrogens is 174 g/mol. The lowest BCUT2D eigenvalue weighted by Crippen LogP contribution is -2.46. The Labute approximate surface area is 79.9 Å². The SMILES string of the molecule is Cl.NC1(C2CC2)CCC(O)CC1. The Hall–Kier alpha value is 0.210. The van der Waals surface area contributed by atoms with Crippen LogP contribution in [0.1, 0.15) is 38.5 Å². The van der Waals surface area contributed by atoms with Gasteiger partial charge in [-0.15, -0.1) is 12.4 Å². The average molecular weight is 192 g/mol. The maximum absolute atomic E-state index is 9.29. The number of hydrogen-bond donors (Lipinski definition) is 2. The molecule has 0 amide bonds. The van der Waals surface area contributed by atoms with E-state index in [2.05, 4.69) is 0 Å². The van der Waals surface area contributed by atoms with Crippen LogP contribution in [0.25, 0.3) is 0 Å². The van der Waals surface area contributed by atoms with Crippen molar-refractivity contribution < 1.29 is 5.11 Å². The summed E-state index contributed by atoms with van der Waals surface area (Å²) in [4.78, 5) is 0. The van der Waals surface area contributed by atoms with Crippen LogP contribution >= 0.6 is 12.4 Å². The molecule has 2 fully saturated rings. The summed E-state index contributed by atoms with van der Waals surface area (Å²) >= 11 is 0. The Bertz CT molecular complexity index is 151. The normalized spacial score (nSPS) is 42.0. The molecule has 0 bridgehead atoms. The molecule has 0 atom stereocenters. The van der Waals surface area contributed by atoms with Gasteiger partial charge in [0.2, 0.25) is 0 Å². The first-order valence-corrected chi connectivity index (χ1v) is 4.68. The topological polar surface area (TPSA) is 46.2 Å². The van der Waals surface area contributed by atoms with Gasteiger partial charge < -0.3 is 10.8 Å². The Kier molecular flexibility index (Phi) is 3.02. The summed E-state index contributed by atoms with van der Waals surface area (Å²) in [6.07, 6.45) is 6.52. The number of hydrogen-bond acceptors (Lipinski definition) is 2. The third-order valence-electron chi connectivity index (χ3n) is 3.28. The smallest absolute Gasteiger partial charge is 0.0541 e. The van der Waals surface area contributed by atoms with Crippen molar-refractivity contribution in [3.8, 4) is 0 Å². The number of rotatable bonds is 1. The zero-order chi connectivity index (χ0) is 7.90. The van der Waals surface area contributed by atoms with Crippen molar-refractivity contribution in [2.45, 2.75) is 50.2 Å².